The molecule has 0 radical (unpaired) electrons. The number of carbonyl (C=O) groups excluding carboxylic acids is 4. The molecule has 2 saturated carbocycles. The second kappa shape index (κ2) is 22.1. The van der Waals surface area contributed by atoms with Gasteiger partial charge in [-0.15, -0.1) is 0 Å². The normalized spacial score (nSPS) is 14.8. The Bertz CT molecular complexity index is 3540. The van der Waals surface area contributed by atoms with Crippen molar-refractivity contribution < 1.29 is 42.9 Å². The molecule has 0 aliphatic heterocycles. The Labute approximate surface area is 451 Å². The van der Waals surface area contributed by atoms with Gasteiger partial charge in [-0.2, -0.15) is 0 Å². The molecule has 0 saturated heterocycles. The van der Waals surface area contributed by atoms with E-state index < -0.39 is 17.9 Å². The third kappa shape index (κ3) is 10.9. The lowest BCUT2D eigenvalue weighted by Crippen LogP contribution is -2.30. The van der Waals surface area contributed by atoms with Crippen molar-refractivity contribution in [1.29, 1.82) is 0 Å². The summed E-state index contributed by atoms with van der Waals surface area (Å²) in [5.74, 6) is 2.11. The molecule has 0 amide bonds. The number of benzene rings is 8. The molecular weight excluding hydrogens is 961 g/mol. The summed E-state index contributed by atoms with van der Waals surface area (Å²) in [5.41, 5.74) is 9.96. The van der Waals surface area contributed by atoms with E-state index in [-0.39, 0.29) is 16.6 Å². The Morgan fingerprint density at radius 2 is 0.688 bits per heavy atom. The monoisotopic (exact) mass is 1020 g/mol. The molecule has 8 aromatic carbocycles. The molecule has 2 aliphatic carbocycles. The summed E-state index contributed by atoms with van der Waals surface area (Å²) in [6.45, 7) is 9.54. The first kappa shape index (κ1) is 52.2. The van der Waals surface area contributed by atoms with Crippen molar-refractivity contribution in [3.63, 3.8) is 0 Å². The number of methoxy groups -OCH3 is 1. The van der Waals surface area contributed by atoms with Crippen molar-refractivity contribution in [3.05, 3.63) is 224 Å². The molecule has 0 aromatic heterocycles. The summed E-state index contributed by atoms with van der Waals surface area (Å²) in [7, 11) is 1.71. The van der Waals surface area contributed by atoms with Gasteiger partial charge >= 0.3 is 17.9 Å². The zero-order valence-corrected chi connectivity index (χ0v) is 44.8. The predicted molar refractivity (Wildman–Crippen MR) is 301 cm³/mol. The highest BCUT2D eigenvalue weighted by Crippen LogP contribution is 2.48. The minimum atomic E-state index is -0.475. The number of hydrogen-bond acceptors (Lipinski definition) is 9. The molecule has 390 valence electrons. The summed E-state index contributed by atoms with van der Waals surface area (Å²) in [4.78, 5) is 52.4. The number of ketones is 1. The first-order valence-corrected chi connectivity index (χ1v) is 26.8. The second-order valence-corrected chi connectivity index (χ2v) is 21.1. The van der Waals surface area contributed by atoms with Crippen LogP contribution in [0.15, 0.2) is 158 Å². The lowest BCUT2D eigenvalue weighted by atomic mass is 9.65. The molecule has 0 N–H and O–H groups in total. The molecule has 2 aliphatic rings. The van der Waals surface area contributed by atoms with Crippen molar-refractivity contribution >= 4 is 34.5 Å². The zero-order chi connectivity index (χ0) is 53.8. The highest BCUT2D eigenvalue weighted by molar-refractivity contribution is 6.00. The fourth-order valence-corrected chi connectivity index (χ4v) is 11.7. The molecule has 9 heteroatoms. The van der Waals surface area contributed by atoms with Crippen LogP contribution in [0.2, 0.25) is 0 Å². The first-order valence-electron chi connectivity index (χ1n) is 26.8. The summed E-state index contributed by atoms with van der Waals surface area (Å²) in [5, 5.41) is 1.59. The summed E-state index contributed by atoms with van der Waals surface area (Å²) < 4.78 is 29.5. The number of carbonyl (C=O) groups is 4. The Hall–Kier alpha value is -8.30. The molecule has 0 bridgehead atoms. The first-order chi connectivity index (χ1) is 37.2. The van der Waals surface area contributed by atoms with E-state index in [1.807, 2.05) is 51.1 Å². The van der Waals surface area contributed by atoms with E-state index in [2.05, 4.69) is 61.5 Å². The largest absolute Gasteiger partial charge is 0.496 e. The van der Waals surface area contributed by atoms with Gasteiger partial charge in [0.25, 0.3) is 0 Å². The Morgan fingerprint density at radius 3 is 1.03 bits per heavy atom. The highest BCUT2D eigenvalue weighted by atomic mass is 16.5. The average Bonchev–Trinajstić information content (AvgIpc) is 3.45. The molecule has 10 rings (SSSR count). The molecule has 0 unspecified atom stereocenters. The van der Waals surface area contributed by atoms with Crippen molar-refractivity contribution in [2.75, 3.05) is 7.11 Å². The standard InChI is InChI=1S/C68H64O9/c1-43-37-54(21-29-60(43)73-6)67(33-9-7-10-34-67)55-23-31-62(45(3)39-55)76-65(71)52-15-13-51-42-53(16-14-50(51)41-52)66(72)77-63-32-24-57(40-46(63)4)68(35-11-8-12-36-68)56-22-30-61(44(2)38-56)75-64(70)49-19-27-59(28-20-49)74-58-25-17-48(18-26-58)47(5)69/h13-32,37-42H,7-12,33-36H2,1-6H3. The Balaban J connectivity index is 0.788. The molecule has 0 atom stereocenters. The van der Waals surface area contributed by atoms with Crippen LogP contribution < -0.4 is 23.7 Å². The quantitative estimate of drug-likeness (QED) is 0.0596. The molecule has 9 nitrogen and oxygen atoms in total. The van der Waals surface area contributed by atoms with Gasteiger partial charge < -0.3 is 23.7 Å². The Morgan fingerprint density at radius 1 is 0.364 bits per heavy atom. The molecule has 0 heterocycles. The lowest BCUT2D eigenvalue weighted by Gasteiger charge is -2.39. The summed E-state index contributed by atoms with van der Waals surface area (Å²) in [6, 6.07) is 49.3. The number of aryl methyl sites for hydroxylation is 4. The minimum Gasteiger partial charge on any atom is -0.496 e. The maximum absolute atomic E-state index is 13.8. The van der Waals surface area contributed by atoms with Crippen LogP contribution in [0.3, 0.4) is 0 Å². The van der Waals surface area contributed by atoms with Gasteiger partial charge in [-0.25, -0.2) is 14.4 Å². The number of fused-ring (bicyclic) bond motifs is 1. The maximum atomic E-state index is 13.8. The fraction of sp³-hybridized carbons (Fsp3) is 0.265. The second-order valence-electron chi connectivity index (χ2n) is 21.1. The van der Waals surface area contributed by atoms with Crippen molar-refractivity contribution in [1.82, 2.24) is 0 Å². The number of hydrogen-bond donors (Lipinski definition) is 0. The number of esters is 3. The van der Waals surface area contributed by atoms with E-state index >= 15 is 0 Å². The number of ether oxygens (including phenoxy) is 5. The summed E-state index contributed by atoms with van der Waals surface area (Å²) in [6.07, 6.45) is 10.9. The van der Waals surface area contributed by atoms with Crippen molar-refractivity contribution in [2.24, 2.45) is 0 Å². The third-order valence-corrected chi connectivity index (χ3v) is 16.1. The predicted octanol–water partition coefficient (Wildman–Crippen LogP) is 16.2. The van der Waals surface area contributed by atoms with Crippen LogP contribution in [0.25, 0.3) is 10.8 Å². The summed E-state index contributed by atoms with van der Waals surface area (Å²) >= 11 is 0. The molecule has 77 heavy (non-hydrogen) atoms. The van der Waals surface area contributed by atoms with Crippen molar-refractivity contribution in [2.45, 2.75) is 110 Å². The molecular formula is C68H64O9. The zero-order valence-electron chi connectivity index (χ0n) is 44.8. The van der Waals surface area contributed by atoms with Gasteiger partial charge in [-0.05, 0) is 213 Å². The van der Waals surface area contributed by atoms with Gasteiger partial charge in [0.05, 0.1) is 23.8 Å². The smallest absolute Gasteiger partial charge is 0.343 e. The topological polar surface area (TPSA) is 114 Å². The number of Topliss-reactive ketones (excluding diaryl/α,β-unsaturated/α-hetero) is 1. The van der Waals surface area contributed by atoms with E-state index in [1.54, 1.807) is 79.9 Å². The SMILES string of the molecule is COc1ccc(C2(c3ccc(OC(=O)c4ccc5cc(C(=O)Oc6ccc(C7(c8ccc(OC(=O)c9ccc(Oc%10ccc(C(C)=O)cc%10)cc9)c(C)c8)CCCCC7)cc6C)ccc5c4)c(C)c3)CCCCC2)cc1C. The van der Waals surface area contributed by atoms with Gasteiger partial charge in [0, 0.05) is 16.4 Å². The van der Waals surface area contributed by atoms with Crippen LogP contribution in [-0.4, -0.2) is 30.8 Å². The van der Waals surface area contributed by atoms with Crippen LogP contribution in [0.1, 0.15) is 157 Å². The van der Waals surface area contributed by atoms with Crippen molar-refractivity contribution in [3.8, 4) is 34.5 Å². The van der Waals surface area contributed by atoms with E-state index in [1.165, 1.54) is 24.5 Å². The van der Waals surface area contributed by atoms with E-state index in [0.29, 0.717) is 51.0 Å². The van der Waals surface area contributed by atoms with Crippen LogP contribution >= 0.6 is 0 Å². The lowest BCUT2D eigenvalue weighted by molar-refractivity contribution is 0.0723. The molecule has 8 aromatic rings. The van der Waals surface area contributed by atoms with Crippen LogP contribution in [0.4, 0.5) is 0 Å². The van der Waals surface area contributed by atoms with Crippen LogP contribution in [0.5, 0.6) is 34.5 Å². The van der Waals surface area contributed by atoms with Crippen LogP contribution in [-0.2, 0) is 10.8 Å². The van der Waals surface area contributed by atoms with Crippen LogP contribution in [0, 0.1) is 27.7 Å². The third-order valence-electron chi connectivity index (χ3n) is 16.1. The van der Waals surface area contributed by atoms with Gasteiger partial charge in [0.2, 0.25) is 0 Å². The van der Waals surface area contributed by atoms with Gasteiger partial charge in [-0.1, -0.05) is 99.2 Å². The van der Waals surface area contributed by atoms with E-state index in [0.717, 1.165) is 108 Å². The minimum absolute atomic E-state index is 0.0167. The molecule has 0 spiro atoms. The van der Waals surface area contributed by atoms with E-state index in [4.69, 9.17) is 23.7 Å². The highest BCUT2D eigenvalue weighted by Gasteiger charge is 2.38. The van der Waals surface area contributed by atoms with Gasteiger partial charge in [-0.3, -0.25) is 4.79 Å². The van der Waals surface area contributed by atoms with Gasteiger partial charge in [0.1, 0.15) is 34.5 Å². The maximum Gasteiger partial charge on any atom is 0.343 e. The molecule has 2 fully saturated rings. The Kier molecular flexibility index (Phi) is 15.0. The number of rotatable bonds is 14. The fourth-order valence-electron chi connectivity index (χ4n) is 11.7. The van der Waals surface area contributed by atoms with E-state index in [9.17, 15) is 19.2 Å². The van der Waals surface area contributed by atoms with Gasteiger partial charge in [0.15, 0.2) is 5.78 Å². The average molecular weight is 1030 g/mol.